The number of rotatable bonds is 5. The second kappa shape index (κ2) is 7.59. The lowest BCUT2D eigenvalue weighted by molar-refractivity contribution is -0.136. The Balaban J connectivity index is 1.81. The normalized spacial score (nSPS) is 16.2. The first-order valence-corrected chi connectivity index (χ1v) is 8.23. The molecule has 0 spiro atoms. The van der Waals surface area contributed by atoms with Crippen molar-refractivity contribution in [3.05, 3.63) is 12.3 Å². The number of aromatic nitrogens is 2. The summed E-state index contributed by atoms with van der Waals surface area (Å²) in [7, 11) is 0. The van der Waals surface area contributed by atoms with Crippen LogP contribution in [0.15, 0.2) is 12.3 Å². The van der Waals surface area contributed by atoms with Crippen molar-refractivity contribution in [2.75, 3.05) is 38.0 Å². The lowest BCUT2D eigenvalue weighted by Crippen LogP contribution is -2.51. The fraction of sp³-hybridized carbons (Fsp3) is 0.688. The average molecular weight is 321 g/mol. The molecule has 1 fully saturated rings. The van der Waals surface area contributed by atoms with E-state index in [2.05, 4.69) is 15.3 Å². The van der Waals surface area contributed by atoms with Gasteiger partial charge < -0.3 is 10.2 Å². The van der Waals surface area contributed by atoms with Crippen molar-refractivity contribution < 1.29 is 9.59 Å². The smallest absolute Gasteiger partial charge is 0.239 e. The van der Waals surface area contributed by atoms with Gasteiger partial charge in [0.1, 0.15) is 5.82 Å². The van der Waals surface area contributed by atoms with E-state index in [0.29, 0.717) is 19.6 Å². The van der Waals surface area contributed by atoms with Gasteiger partial charge in [-0.25, -0.2) is 4.68 Å². The van der Waals surface area contributed by atoms with Crippen molar-refractivity contribution in [3.8, 4) is 0 Å². The van der Waals surface area contributed by atoms with Crippen molar-refractivity contribution in [2.45, 2.75) is 33.7 Å². The predicted molar refractivity (Wildman–Crippen MR) is 89.1 cm³/mol. The van der Waals surface area contributed by atoms with E-state index in [1.807, 2.05) is 32.6 Å². The van der Waals surface area contributed by atoms with Gasteiger partial charge in [0, 0.05) is 44.2 Å². The number of nitrogens with one attached hydrogen (secondary N) is 1. The summed E-state index contributed by atoms with van der Waals surface area (Å²) in [5, 5.41) is 7.12. The number of hydrogen-bond donors (Lipinski definition) is 1. The molecule has 0 saturated carbocycles. The van der Waals surface area contributed by atoms with Crippen molar-refractivity contribution >= 4 is 17.6 Å². The van der Waals surface area contributed by atoms with Gasteiger partial charge in [-0.15, -0.1) is 0 Å². The first-order chi connectivity index (χ1) is 10.9. The first-order valence-electron chi connectivity index (χ1n) is 8.23. The third-order valence-corrected chi connectivity index (χ3v) is 3.97. The van der Waals surface area contributed by atoms with E-state index >= 15 is 0 Å². The Morgan fingerprint density at radius 3 is 2.39 bits per heavy atom. The van der Waals surface area contributed by atoms with Crippen LogP contribution in [0.4, 0.5) is 5.82 Å². The molecule has 0 atom stereocenters. The number of hydrogen-bond acceptors (Lipinski definition) is 4. The third kappa shape index (κ3) is 4.54. The maximum atomic E-state index is 12.2. The molecule has 0 radical (unpaired) electrons. The first kappa shape index (κ1) is 17.5. The highest BCUT2D eigenvalue weighted by molar-refractivity contribution is 5.91. The minimum absolute atomic E-state index is 0.0289. The molecular formula is C16H27N5O2. The van der Waals surface area contributed by atoms with E-state index < -0.39 is 0 Å². The van der Waals surface area contributed by atoms with Crippen LogP contribution in [0.2, 0.25) is 0 Å². The fourth-order valence-corrected chi connectivity index (χ4v) is 2.70. The highest BCUT2D eigenvalue weighted by Gasteiger charge is 2.24. The molecule has 2 amide bonds. The molecule has 2 rings (SSSR count). The van der Waals surface area contributed by atoms with E-state index in [0.717, 1.165) is 18.9 Å². The molecule has 1 aliphatic rings. The van der Waals surface area contributed by atoms with Gasteiger partial charge in [-0.2, -0.15) is 5.10 Å². The number of carbonyl (C=O) groups is 2. The standard InChI is InChI=1S/C16H27N5O2/c1-12(2)16(23)20-9-7-19(8-10-20)11-15(22)18-14-5-6-17-21(14)13(3)4/h5-6,12-13H,7-11H2,1-4H3,(H,18,22). The Morgan fingerprint density at radius 2 is 1.83 bits per heavy atom. The van der Waals surface area contributed by atoms with Gasteiger partial charge in [0.15, 0.2) is 0 Å². The fourth-order valence-electron chi connectivity index (χ4n) is 2.70. The van der Waals surface area contributed by atoms with E-state index in [1.165, 1.54) is 0 Å². The Kier molecular flexibility index (Phi) is 5.76. The zero-order chi connectivity index (χ0) is 17.0. The molecule has 0 aliphatic carbocycles. The summed E-state index contributed by atoms with van der Waals surface area (Å²) in [6.07, 6.45) is 1.69. The molecule has 1 saturated heterocycles. The molecular weight excluding hydrogens is 294 g/mol. The topological polar surface area (TPSA) is 70.5 Å². The quantitative estimate of drug-likeness (QED) is 0.885. The highest BCUT2D eigenvalue weighted by Crippen LogP contribution is 2.13. The van der Waals surface area contributed by atoms with Crippen molar-refractivity contribution in [2.24, 2.45) is 5.92 Å². The van der Waals surface area contributed by atoms with Gasteiger partial charge in [-0.1, -0.05) is 13.8 Å². The van der Waals surface area contributed by atoms with E-state index in [9.17, 15) is 9.59 Å². The largest absolute Gasteiger partial charge is 0.340 e. The maximum absolute atomic E-state index is 12.2. The van der Waals surface area contributed by atoms with Crippen LogP contribution in [0.3, 0.4) is 0 Å². The molecule has 1 aliphatic heterocycles. The van der Waals surface area contributed by atoms with Crippen LogP contribution in [0, 0.1) is 5.92 Å². The van der Waals surface area contributed by atoms with Gasteiger partial charge >= 0.3 is 0 Å². The molecule has 0 bridgehead atoms. The molecule has 1 aromatic rings. The van der Waals surface area contributed by atoms with Gasteiger partial charge in [0.25, 0.3) is 0 Å². The minimum atomic E-state index is -0.0453. The van der Waals surface area contributed by atoms with Crippen LogP contribution in [-0.2, 0) is 9.59 Å². The van der Waals surface area contributed by atoms with Crippen molar-refractivity contribution in [1.29, 1.82) is 0 Å². The molecule has 1 aromatic heterocycles. The van der Waals surface area contributed by atoms with Crippen LogP contribution in [0.5, 0.6) is 0 Å². The van der Waals surface area contributed by atoms with Crippen LogP contribution >= 0.6 is 0 Å². The molecule has 0 aromatic carbocycles. The molecule has 0 unspecified atom stereocenters. The van der Waals surface area contributed by atoms with Crippen LogP contribution in [0.1, 0.15) is 33.7 Å². The number of anilines is 1. The summed E-state index contributed by atoms with van der Waals surface area (Å²) in [6, 6.07) is 2.00. The van der Waals surface area contributed by atoms with Crippen molar-refractivity contribution in [1.82, 2.24) is 19.6 Å². The summed E-state index contributed by atoms with van der Waals surface area (Å²) < 4.78 is 1.79. The number of amides is 2. The predicted octanol–water partition coefficient (Wildman–Crippen LogP) is 1.20. The molecule has 7 heteroatoms. The van der Waals surface area contributed by atoms with Gasteiger partial charge in [0.05, 0.1) is 12.7 Å². The molecule has 7 nitrogen and oxygen atoms in total. The van der Waals surface area contributed by atoms with Gasteiger partial charge in [-0.3, -0.25) is 14.5 Å². The third-order valence-electron chi connectivity index (χ3n) is 3.97. The summed E-state index contributed by atoms with van der Waals surface area (Å²) in [5.74, 6) is 0.894. The molecule has 1 N–H and O–H groups in total. The van der Waals surface area contributed by atoms with E-state index in [-0.39, 0.29) is 23.8 Å². The lowest BCUT2D eigenvalue weighted by atomic mass is 10.1. The summed E-state index contributed by atoms with van der Waals surface area (Å²) in [4.78, 5) is 28.1. The van der Waals surface area contributed by atoms with Crippen molar-refractivity contribution in [3.63, 3.8) is 0 Å². The number of piperazine rings is 1. The highest BCUT2D eigenvalue weighted by atomic mass is 16.2. The molecule has 23 heavy (non-hydrogen) atoms. The zero-order valence-electron chi connectivity index (χ0n) is 14.5. The summed E-state index contributed by atoms with van der Waals surface area (Å²) >= 11 is 0. The van der Waals surface area contributed by atoms with Gasteiger partial charge in [0.2, 0.25) is 11.8 Å². The van der Waals surface area contributed by atoms with Gasteiger partial charge in [-0.05, 0) is 13.8 Å². The molecule has 128 valence electrons. The Bertz CT molecular complexity index is 544. The van der Waals surface area contributed by atoms with Crippen LogP contribution < -0.4 is 5.32 Å². The Morgan fingerprint density at radius 1 is 1.17 bits per heavy atom. The Hall–Kier alpha value is -1.89. The average Bonchev–Trinajstić information content (AvgIpc) is 2.95. The second-order valence-electron chi connectivity index (χ2n) is 6.56. The van der Waals surface area contributed by atoms with Crippen LogP contribution in [-0.4, -0.2) is 64.1 Å². The van der Waals surface area contributed by atoms with Crippen LogP contribution in [0.25, 0.3) is 0 Å². The second-order valence-corrected chi connectivity index (χ2v) is 6.56. The maximum Gasteiger partial charge on any atom is 0.239 e. The minimum Gasteiger partial charge on any atom is -0.340 e. The van der Waals surface area contributed by atoms with E-state index in [1.54, 1.807) is 16.9 Å². The number of nitrogens with zero attached hydrogens (tertiary/aromatic N) is 4. The molecule has 2 heterocycles. The summed E-state index contributed by atoms with van der Waals surface area (Å²) in [5.41, 5.74) is 0. The SMILES string of the molecule is CC(C)C(=O)N1CCN(CC(=O)Nc2ccnn2C(C)C)CC1. The number of carbonyl (C=O) groups excluding carboxylic acids is 2. The lowest BCUT2D eigenvalue weighted by Gasteiger charge is -2.35. The summed E-state index contributed by atoms with van der Waals surface area (Å²) in [6.45, 7) is 11.1. The van der Waals surface area contributed by atoms with E-state index in [4.69, 9.17) is 0 Å². The Labute approximate surface area is 137 Å². The monoisotopic (exact) mass is 321 g/mol. The zero-order valence-corrected chi connectivity index (χ0v) is 14.5.